The van der Waals surface area contributed by atoms with E-state index in [9.17, 15) is 4.79 Å². The molecule has 156 valence electrons. The molecule has 1 aliphatic heterocycles. The van der Waals surface area contributed by atoms with Crippen molar-refractivity contribution in [2.24, 2.45) is 0 Å². The van der Waals surface area contributed by atoms with Crippen molar-refractivity contribution in [1.82, 2.24) is 10.2 Å². The van der Waals surface area contributed by atoms with E-state index in [0.29, 0.717) is 27.5 Å². The van der Waals surface area contributed by atoms with Gasteiger partial charge in [-0.3, -0.25) is 9.69 Å². The van der Waals surface area contributed by atoms with E-state index in [2.05, 4.69) is 5.32 Å². The Kier molecular flexibility index (Phi) is 6.61. The Labute approximate surface area is 191 Å². The number of nitrogens with zero attached hydrogens (tertiary/aromatic N) is 1. The Morgan fingerprint density at radius 2 is 1.80 bits per heavy atom. The molecule has 1 aliphatic carbocycles. The monoisotopic (exact) mass is 460 g/mol. The van der Waals surface area contributed by atoms with Crippen molar-refractivity contribution in [3.63, 3.8) is 0 Å². The first-order valence-corrected chi connectivity index (χ1v) is 11.2. The summed E-state index contributed by atoms with van der Waals surface area (Å²) in [6.07, 6.45) is 7.41. The third-order valence-electron chi connectivity index (χ3n) is 5.43. The number of thiocarbonyl (C=S) groups is 1. The van der Waals surface area contributed by atoms with E-state index in [-0.39, 0.29) is 11.9 Å². The van der Waals surface area contributed by atoms with E-state index in [1.54, 1.807) is 17.0 Å². The van der Waals surface area contributed by atoms with Crippen LogP contribution in [0.4, 0.5) is 0 Å². The Bertz CT molecular complexity index is 985. The van der Waals surface area contributed by atoms with E-state index < -0.39 is 0 Å². The molecular formula is C23H22Cl2N2O2S. The van der Waals surface area contributed by atoms with Crippen LogP contribution in [0.1, 0.15) is 43.2 Å². The average Bonchev–Trinajstić information content (AvgIpc) is 3.03. The van der Waals surface area contributed by atoms with Crippen molar-refractivity contribution >= 4 is 52.5 Å². The first-order chi connectivity index (χ1) is 14.5. The lowest BCUT2D eigenvalue weighted by Gasteiger charge is -2.29. The molecule has 1 N–H and O–H groups in total. The molecule has 0 unspecified atom stereocenters. The largest absolute Gasteiger partial charge is 0.489 e. The van der Waals surface area contributed by atoms with Crippen LogP contribution in [0.15, 0.2) is 48.2 Å². The lowest BCUT2D eigenvalue weighted by Crippen LogP contribution is -2.41. The third-order valence-corrected chi connectivity index (χ3v) is 6.47. The van der Waals surface area contributed by atoms with Crippen LogP contribution >= 0.6 is 35.4 Å². The third kappa shape index (κ3) is 4.80. The highest BCUT2D eigenvalue weighted by molar-refractivity contribution is 7.80. The number of nitrogens with one attached hydrogen (secondary N) is 1. The molecule has 0 atom stereocenters. The summed E-state index contributed by atoms with van der Waals surface area (Å²) >= 11 is 17.4. The molecule has 30 heavy (non-hydrogen) atoms. The molecule has 2 aliphatic rings. The van der Waals surface area contributed by atoms with Crippen molar-refractivity contribution in [2.45, 2.75) is 44.8 Å². The van der Waals surface area contributed by atoms with Crippen LogP contribution in [0.5, 0.6) is 5.75 Å². The number of rotatable bonds is 5. The van der Waals surface area contributed by atoms with E-state index in [0.717, 1.165) is 42.6 Å². The molecule has 0 radical (unpaired) electrons. The van der Waals surface area contributed by atoms with Crippen LogP contribution in [0.25, 0.3) is 6.08 Å². The first kappa shape index (κ1) is 21.2. The average molecular weight is 461 g/mol. The molecule has 2 fully saturated rings. The summed E-state index contributed by atoms with van der Waals surface area (Å²) in [7, 11) is 0. The summed E-state index contributed by atoms with van der Waals surface area (Å²) in [5.41, 5.74) is 2.36. The molecule has 7 heteroatoms. The lowest BCUT2D eigenvalue weighted by molar-refractivity contribution is -0.124. The number of amides is 1. The Balaban J connectivity index is 1.40. The summed E-state index contributed by atoms with van der Waals surface area (Å²) in [5, 5.41) is 4.63. The molecule has 1 saturated carbocycles. The van der Waals surface area contributed by atoms with Crippen LogP contribution < -0.4 is 10.1 Å². The van der Waals surface area contributed by atoms with Gasteiger partial charge in [-0.2, -0.15) is 0 Å². The van der Waals surface area contributed by atoms with E-state index >= 15 is 0 Å². The molecule has 1 saturated heterocycles. The van der Waals surface area contributed by atoms with Crippen LogP contribution in [0.3, 0.4) is 0 Å². The maximum Gasteiger partial charge on any atom is 0.276 e. The summed E-state index contributed by atoms with van der Waals surface area (Å²) in [4.78, 5) is 14.6. The van der Waals surface area contributed by atoms with Crippen LogP contribution in [-0.2, 0) is 11.4 Å². The van der Waals surface area contributed by atoms with E-state index in [4.69, 9.17) is 40.2 Å². The number of ether oxygens (including phenoxy) is 1. The second-order valence-corrected chi connectivity index (χ2v) is 8.76. The summed E-state index contributed by atoms with van der Waals surface area (Å²) in [6, 6.07) is 13.2. The number of carbonyl (C=O) groups is 1. The van der Waals surface area contributed by atoms with Gasteiger partial charge in [0.15, 0.2) is 5.11 Å². The second-order valence-electron chi connectivity index (χ2n) is 7.56. The molecule has 0 aromatic heterocycles. The minimum Gasteiger partial charge on any atom is -0.489 e. The molecule has 0 spiro atoms. The first-order valence-electron chi connectivity index (χ1n) is 10.0. The van der Waals surface area contributed by atoms with Gasteiger partial charge in [0, 0.05) is 6.04 Å². The summed E-state index contributed by atoms with van der Waals surface area (Å²) in [6.45, 7) is 0.391. The van der Waals surface area contributed by atoms with E-state index in [1.165, 1.54) is 6.42 Å². The fraction of sp³-hybridized carbons (Fsp3) is 0.304. The van der Waals surface area contributed by atoms with Gasteiger partial charge in [-0.05, 0) is 66.5 Å². The minimum absolute atomic E-state index is 0.0353. The van der Waals surface area contributed by atoms with Gasteiger partial charge >= 0.3 is 0 Å². The smallest absolute Gasteiger partial charge is 0.276 e. The maximum absolute atomic E-state index is 12.9. The quantitative estimate of drug-likeness (QED) is 0.441. The van der Waals surface area contributed by atoms with Gasteiger partial charge in [0.2, 0.25) is 0 Å². The molecule has 4 nitrogen and oxygen atoms in total. The molecule has 1 heterocycles. The molecule has 1 amide bonds. The van der Waals surface area contributed by atoms with Gasteiger partial charge in [-0.25, -0.2) is 0 Å². The van der Waals surface area contributed by atoms with Gasteiger partial charge in [-0.1, -0.05) is 60.7 Å². The number of halogens is 2. The fourth-order valence-corrected chi connectivity index (χ4v) is 4.51. The van der Waals surface area contributed by atoms with Gasteiger partial charge in [0.05, 0.1) is 10.0 Å². The number of hydrogen-bond donors (Lipinski definition) is 1. The molecule has 2 aromatic rings. The van der Waals surface area contributed by atoms with Crippen LogP contribution in [0, 0.1) is 0 Å². The molecule has 0 bridgehead atoms. The topological polar surface area (TPSA) is 41.6 Å². The van der Waals surface area contributed by atoms with Crippen molar-refractivity contribution in [3.8, 4) is 5.75 Å². The highest BCUT2D eigenvalue weighted by Gasteiger charge is 2.36. The summed E-state index contributed by atoms with van der Waals surface area (Å²) < 4.78 is 5.81. The lowest BCUT2D eigenvalue weighted by atomic mass is 9.94. The standard InChI is InChI=1S/C23H22Cl2N2O2S/c24-19-11-8-16(12-20(19)25)14-29-18-9-6-15(7-10-18)13-21-22(28)27(23(30)26-21)17-4-2-1-3-5-17/h6-13,17H,1-5,14H2,(H,26,30)/b21-13-. The molecule has 4 rings (SSSR count). The predicted octanol–water partition coefficient (Wildman–Crippen LogP) is 5.96. The van der Waals surface area contributed by atoms with Gasteiger partial charge in [0.25, 0.3) is 5.91 Å². The zero-order chi connectivity index (χ0) is 21.1. The second kappa shape index (κ2) is 9.38. The zero-order valence-corrected chi connectivity index (χ0v) is 18.7. The van der Waals surface area contributed by atoms with Crippen molar-refractivity contribution in [1.29, 1.82) is 0 Å². The van der Waals surface area contributed by atoms with E-state index in [1.807, 2.05) is 36.4 Å². The van der Waals surface area contributed by atoms with Crippen molar-refractivity contribution in [3.05, 3.63) is 69.3 Å². The minimum atomic E-state index is -0.0353. The normalized spacial score (nSPS) is 18.7. The number of carbonyl (C=O) groups excluding carboxylic acids is 1. The molecular weight excluding hydrogens is 439 g/mol. The maximum atomic E-state index is 12.9. The fourth-order valence-electron chi connectivity index (χ4n) is 3.84. The van der Waals surface area contributed by atoms with Crippen LogP contribution in [0.2, 0.25) is 10.0 Å². The zero-order valence-electron chi connectivity index (χ0n) is 16.4. The molecule has 2 aromatic carbocycles. The van der Waals surface area contributed by atoms with Gasteiger partial charge in [-0.15, -0.1) is 0 Å². The summed E-state index contributed by atoms with van der Waals surface area (Å²) in [5.74, 6) is 0.695. The van der Waals surface area contributed by atoms with Gasteiger partial charge in [0.1, 0.15) is 18.1 Å². The van der Waals surface area contributed by atoms with Gasteiger partial charge < -0.3 is 10.1 Å². The highest BCUT2D eigenvalue weighted by atomic mass is 35.5. The predicted molar refractivity (Wildman–Crippen MR) is 125 cm³/mol. The SMILES string of the molecule is O=C1/C(=C/c2ccc(OCc3ccc(Cl)c(Cl)c3)cc2)NC(=S)N1C1CCCCC1. The van der Waals surface area contributed by atoms with Crippen LogP contribution in [-0.4, -0.2) is 22.0 Å². The van der Waals surface area contributed by atoms with Crippen molar-refractivity contribution < 1.29 is 9.53 Å². The highest BCUT2D eigenvalue weighted by Crippen LogP contribution is 2.27. The van der Waals surface area contributed by atoms with Crippen molar-refractivity contribution in [2.75, 3.05) is 0 Å². The number of benzene rings is 2. The number of hydrogen-bond acceptors (Lipinski definition) is 3. The Hall–Kier alpha value is -2.08. The Morgan fingerprint density at radius 1 is 1.07 bits per heavy atom. The Morgan fingerprint density at radius 3 is 2.50 bits per heavy atom.